The molecule has 16 nitrogen and oxygen atoms in total. The maximum Gasteiger partial charge on any atom is 0.410 e. The van der Waals surface area contributed by atoms with Gasteiger partial charge in [0.05, 0.1) is 0 Å². The molecule has 3 saturated heterocycles. The van der Waals surface area contributed by atoms with Crippen LogP contribution in [-0.2, 0) is 35.1 Å². The molecule has 1 aromatic heterocycles. The molecule has 330 valence electrons. The van der Waals surface area contributed by atoms with Crippen LogP contribution in [0.4, 0.5) is 4.79 Å². The maximum absolute atomic E-state index is 13.3. The first-order chi connectivity index (χ1) is 27.8. The Labute approximate surface area is 351 Å². The largest absolute Gasteiger partial charge is 0.444 e. The number of aliphatic hydroxyl groups excluding tert-OH is 1. The molecule has 3 fully saturated rings. The van der Waals surface area contributed by atoms with Crippen molar-refractivity contribution >= 4 is 35.3 Å². The number of aliphatic hydroxyl groups is 4. The number of aromatic amines is 1. The lowest BCUT2D eigenvalue weighted by molar-refractivity contribution is -0.358. The molecule has 2 aromatic rings. The van der Waals surface area contributed by atoms with Crippen molar-refractivity contribution < 1.29 is 58.6 Å². The molecule has 16 heteroatoms. The van der Waals surface area contributed by atoms with Crippen LogP contribution in [0.3, 0.4) is 0 Å². The third kappa shape index (κ3) is 8.59. The van der Waals surface area contributed by atoms with Crippen LogP contribution >= 0.6 is 0 Å². The van der Waals surface area contributed by atoms with Gasteiger partial charge in [0.25, 0.3) is 0 Å². The van der Waals surface area contributed by atoms with E-state index in [1.165, 1.54) is 0 Å². The van der Waals surface area contributed by atoms with Crippen LogP contribution in [0.25, 0.3) is 6.08 Å². The van der Waals surface area contributed by atoms with Gasteiger partial charge in [0.1, 0.15) is 17.8 Å². The number of nitrogens with one attached hydrogen (secondary N) is 1. The number of aromatic nitrogens is 2. The normalized spacial score (nSPS) is 27.5. The van der Waals surface area contributed by atoms with E-state index in [9.17, 15) is 44.4 Å². The lowest BCUT2D eigenvalue weighted by atomic mass is 9.60. The minimum atomic E-state index is -3.64. The summed E-state index contributed by atoms with van der Waals surface area (Å²) in [7, 11) is 0. The van der Waals surface area contributed by atoms with E-state index < -0.39 is 64.0 Å². The van der Waals surface area contributed by atoms with Crippen LogP contribution in [-0.4, -0.2) is 143 Å². The average Bonchev–Trinajstić information content (AvgIpc) is 3.54. The highest BCUT2D eigenvalue weighted by molar-refractivity contribution is 6.05. The zero-order chi connectivity index (χ0) is 44.7. The van der Waals surface area contributed by atoms with Gasteiger partial charge in [0, 0.05) is 50.4 Å². The monoisotopic (exact) mass is 838 g/mol. The topological polar surface area (TPSA) is 229 Å². The predicted molar refractivity (Wildman–Crippen MR) is 219 cm³/mol. The number of ether oxygens (including phenoxy) is 3. The summed E-state index contributed by atoms with van der Waals surface area (Å²) < 4.78 is 17.3. The highest BCUT2D eigenvalue weighted by Gasteiger charge is 2.80. The molecule has 0 saturated carbocycles. The number of carbonyl (C=O) groups excluding carboxylic acids is 5. The van der Waals surface area contributed by atoms with Gasteiger partial charge in [-0.25, -0.2) is 4.79 Å². The van der Waals surface area contributed by atoms with E-state index in [-0.39, 0.29) is 29.7 Å². The van der Waals surface area contributed by atoms with Crippen molar-refractivity contribution in [3.05, 3.63) is 52.2 Å². The van der Waals surface area contributed by atoms with Crippen molar-refractivity contribution in [2.45, 2.75) is 142 Å². The number of carbonyl (C=O) groups is 5. The van der Waals surface area contributed by atoms with Gasteiger partial charge in [-0.1, -0.05) is 44.2 Å². The summed E-state index contributed by atoms with van der Waals surface area (Å²) in [6.45, 7) is 19.0. The van der Waals surface area contributed by atoms with Crippen molar-refractivity contribution in [3.8, 4) is 5.88 Å². The smallest absolute Gasteiger partial charge is 0.410 e. The van der Waals surface area contributed by atoms with E-state index in [0.717, 1.165) is 96.4 Å². The number of rotatable bonds is 14. The molecular formula is C44H62N4O12. The molecule has 1 aromatic carbocycles. The molecule has 1 unspecified atom stereocenters. The molecule has 3 aliphatic heterocycles. The third-order valence-corrected chi connectivity index (χ3v) is 12.3. The number of Topliss-reactive ketones (excluding diaryl/α,β-unsaturated/α-hetero) is 4. The lowest BCUT2D eigenvalue weighted by Crippen LogP contribution is -2.87. The van der Waals surface area contributed by atoms with Crippen molar-refractivity contribution in [1.82, 2.24) is 20.0 Å². The molecule has 5 rings (SSSR count). The maximum atomic E-state index is 13.3. The molecule has 0 aliphatic carbocycles. The zero-order valence-corrected chi connectivity index (χ0v) is 36.5. The van der Waals surface area contributed by atoms with E-state index in [0.29, 0.717) is 11.3 Å². The molecule has 0 radical (unpaired) electrons. The first kappa shape index (κ1) is 46.7. The Kier molecular flexibility index (Phi) is 13.4. The number of benzene rings is 1. The van der Waals surface area contributed by atoms with E-state index in [4.69, 9.17) is 14.2 Å². The van der Waals surface area contributed by atoms with Crippen LogP contribution in [0.5, 0.6) is 5.88 Å². The standard InChI is InChI=1S/C44H62N4O12/c1-25(2)34-33(37(46-45-34)59-38-43(56,29(6)51)44(57,30(7)52)42(55,28(5)50)36(58-38)35(53)27(4)49)22-32-15-14-31(21-26(32)3)13-11-12-18-47-23-41(24-47)16-19-48(20-17-41)39(54)60-40(8,9)10/h11,13-15,21,25,35-36,38,53,55-57H,12,16-20,22-24H2,1-10H3,(H,45,46)/b13-11+/t35?,36-,38+,42-,43+,44+/m1/s1. The van der Waals surface area contributed by atoms with E-state index >= 15 is 0 Å². The summed E-state index contributed by atoms with van der Waals surface area (Å²) >= 11 is 0. The van der Waals surface area contributed by atoms with Gasteiger partial charge in [-0.05, 0) is 103 Å². The van der Waals surface area contributed by atoms with Gasteiger partial charge in [-0.15, -0.1) is 5.10 Å². The highest BCUT2D eigenvalue weighted by atomic mass is 16.7. The Morgan fingerprint density at radius 1 is 0.983 bits per heavy atom. The number of H-pyrrole nitrogens is 1. The van der Waals surface area contributed by atoms with E-state index in [1.54, 1.807) is 0 Å². The predicted octanol–water partition coefficient (Wildman–Crippen LogP) is 3.18. The van der Waals surface area contributed by atoms with Crippen molar-refractivity contribution in [2.24, 2.45) is 5.41 Å². The molecule has 60 heavy (non-hydrogen) atoms. The Morgan fingerprint density at radius 3 is 2.12 bits per heavy atom. The number of ketones is 4. The number of nitrogens with zero attached hydrogens (tertiary/aromatic N) is 3. The zero-order valence-electron chi connectivity index (χ0n) is 36.5. The fourth-order valence-electron chi connectivity index (χ4n) is 8.80. The van der Waals surface area contributed by atoms with Gasteiger partial charge in [-0.2, -0.15) is 0 Å². The summed E-state index contributed by atoms with van der Waals surface area (Å²) in [5, 5.41) is 53.7. The number of likely N-dealkylation sites (tertiary alicyclic amines) is 2. The number of piperidine rings is 1. The second-order valence-electron chi connectivity index (χ2n) is 18.3. The van der Waals surface area contributed by atoms with Crippen LogP contribution in [0.2, 0.25) is 0 Å². The van der Waals surface area contributed by atoms with Gasteiger partial charge in [0.15, 0.2) is 28.7 Å². The van der Waals surface area contributed by atoms with E-state index in [1.807, 2.05) is 64.6 Å². The molecule has 0 bridgehead atoms. The number of hydrogen-bond donors (Lipinski definition) is 5. The minimum absolute atomic E-state index is 0.137. The molecular weight excluding hydrogens is 777 g/mol. The minimum Gasteiger partial charge on any atom is -0.444 e. The fourth-order valence-corrected chi connectivity index (χ4v) is 8.80. The van der Waals surface area contributed by atoms with Gasteiger partial charge >= 0.3 is 6.09 Å². The number of amides is 1. The SMILES string of the molecule is CC(=O)C(O)[C@H]1O[C@@H](Oc2n[nH]c(C(C)C)c2Cc2ccc(/C=C/CCN3CC4(CCN(C(=O)OC(C)(C)C)CC4)C3)cc2C)[C@@](O)(C(C)=O)[C@](O)(C(C)=O)[C@@]1(O)C(C)=O. The quantitative estimate of drug-likeness (QED) is 0.184. The molecule has 3 aliphatic rings. The van der Waals surface area contributed by atoms with Crippen LogP contribution in [0.1, 0.15) is 115 Å². The Bertz CT molecular complexity index is 2000. The summed E-state index contributed by atoms with van der Waals surface area (Å²) in [4.78, 5) is 68.6. The summed E-state index contributed by atoms with van der Waals surface area (Å²) in [6, 6.07) is 5.98. The first-order valence-corrected chi connectivity index (χ1v) is 20.6. The van der Waals surface area contributed by atoms with Gasteiger partial charge in [-0.3, -0.25) is 24.3 Å². The fraction of sp³-hybridized carbons (Fsp3) is 0.636. The average molecular weight is 839 g/mol. The van der Waals surface area contributed by atoms with Crippen molar-refractivity contribution in [3.63, 3.8) is 0 Å². The summed E-state index contributed by atoms with van der Waals surface area (Å²) in [5.74, 6) is -5.43. The summed E-state index contributed by atoms with van der Waals surface area (Å²) in [5.41, 5.74) is -6.84. The molecule has 6 atom stereocenters. The number of aryl methyl sites for hydroxylation is 1. The van der Waals surface area contributed by atoms with Gasteiger partial charge < -0.3 is 44.4 Å². The highest BCUT2D eigenvalue weighted by Crippen LogP contribution is 2.48. The molecule has 4 heterocycles. The Hall–Kier alpha value is -4.32. The van der Waals surface area contributed by atoms with Crippen molar-refractivity contribution in [2.75, 3.05) is 32.7 Å². The van der Waals surface area contributed by atoms with E-state index in [2.05, 4.69) is 27.2 Å². The van der Waals surface area contributed by atoms with Crippen LogP contribution in [0, 0.1) is 12.3 Å². The van der Waals surface area contributed by atoms with Crippen molar-refractivity contribution in [1.29, 1.82) is 0 Å². The molecule has 1 spiro atoms. The third-order valence-electron chi connectivity index (χ3n) is 12.3. The van der Waals surface area contributed by atoms with Crippen LogP contribution < -0.4 is 4.74 Å². The lowest BCUT2D eigenvalue weighted by Gasteiger charge is -2.57. The van der Waals surface area contributed by atoms with Gasteiger partial charge in [0.2, 0.25) is 23.4 Å². The Morgan fingerprint density at radius 2 is 1.60 bits per heavy atom. The second kappa shape index (κ2) is 17.2. The first-order valence-electron chi connectivity index (χ1n) is 20.6. The Balaban J connectivity index is 1.29. The molecule has 5 N–H and O–H groups in total. The van der Waals surface area contributed by atoms with Crippen LogP contribution in [0.15, 0.2) is 24.3 Å². The molecule has 1 amide bonds. The summed E-state index contributed by atoms with van der Waals surface area (Å²) in [6.07, 6.45) is 0.0554. The second-order valence-corrected chi connectivity index (χ2v) is 18.3. The number of hydrogen-bond acceptors (Lipinski definition) is 14.